The molecular formula is C16H23N3. The minimum Gasteiger partial charge on any atom is -0.398 e. The first-order chi connectivity index (χ1) is 9.26. The summed E-state index contributed by atoms with van der Waals surface area (Å²) in [5.41, 5.74) is 9.13. The van der Waals surface area contributed by atoms with E-state index in [1.165, 1.54) is 18.4 Å². The number of rotatable bonds is 6. The topological polar surface area (TPSA) is 42.1 Å². The van der Waals surface area contributed by atoms with Crippen LogP contribution < -0.4 is 5.73 Å². The Morgan fingerprint density at radius 2 is 2.05 bits per heavy atom. The molecule has 0 aliphatic heterocycles. The molecule has 19 heavy (non-hydrogen) atoms. The lowest BCUT2D eigenvalue weighted by Gasteiger charge is -2.21. The third kappa shape index (κ3) is 3.24. The highest BCUT2D eigenvalue weighted by atomic mass is 15.1. The van der Waals surface area contributed by atoms with Gasteiger partial charge >= 0.3 is 0 Å². The van der Waals surface area contributed by atoms with Crippen molar-refractivity contribution in [1.82, 2.24) is 9.88 Å². The van der Waals surface area contributed by atoms with E-state index in [1.54, 1.807) is 0 Å². The van der Waals surface area contributed by atoms with Gasteiger partial charge in [0.1, 0.15) is 0 Å². The molecule has 0 fully saturated rings. The minimum absolute atomic E-state index is 0.809. The van der Waals surface area contributed by atoms with Crippen LogP contribution in [0.25, 0.3) is 10.9 Å². The van der Waals surface area contributed by atoms with Crippen LogP contribution in [0.1, 0.15) is 32.3 Å². The van der Waals surface area contributed by atoms with Crippen LogP contribution in [0.15, 0.2) is 30.5 Å². The number of pyridine rings is 1. The first-order valence-electron chi connectivity index (χ1n) is 7.10. The highest BCUT2D eigenvalue weighted by molar-refractivity contribution is 5.92. The largest absolute Gasteiger partial charge is 0.398 e. The number of anilines is 1. The second kappa shape index (κ2) is 6.53. The Morgan fingerprint density at radius 3 is 2.79 bits per heavy atom. The van der Waals surface area contributed by atoms with E-state index in [-0.39, 0.29) is 0 Å². The zero-order valence-corrected chi connectivity index (χ0v) is 11.9. The Bertz CT molecular complexity index is 537. The number of nitrogens with two attached hydrogens (primary N) is 1. The van der Waals surface area contributed by atoms with E-state index in [4.69, 9.17) is 5.73 Å². The van der Waals surface area contributed by atoms with Crippen molar-refractivity contribution in [2.45, 2.75) is 33.2 Å². The van der Waals surface area contributed by atoms with Crippen molar-refractivity contribution in [2.75, 3.05) is 18.8 Å². The lowest BCUT2D eigenvalue weighted by molar-refractivity contribution is 0.276. The summed E-state index contributed by atoms with van der Waals surface area (Å²) >= 11 is 0. The molecule has 0 aliphatic carbocycles. The van der Waals surface area contributed by atoms with Crippen LogP contribution in [-0.4, -0.2) is 23.0 Å². The second-order valence-electron chi connectivity index (χ2n) is 4.94. The van der Waals surface area contributed by atoms with Crippen molar-refractivity contribution in [3.8, 4) is 0 Å². The number of hydrogen-bond donors (Lipinski definition) is 1. The molecule has 0 unspecified atom stereocenters. The molecule has 0 bridgehead atoms. The van der Waals surface area contributed by atoms with Gasteiger partial charge in [-0.3, -0.25) is 9.88 Å². The van der Waals surface area contributed by atoms with Gasteiger partial charge in [0, 0.05) is 23.8 Å². The molecule has 0 atom stereocenters. The van der Waals surface area contributed by atoms with Gasteiger partial charge < -0.3 is 5.73 Å². The maximum absolute atomic E-state index is 6.02. The first kappa shape index (κ1) is 13.8. The number of unbranched alkanes of at least 4 members (excludes halogenated alkanes) is 1. The zero-order chi connectivity index (χ0) is 13.7. The van der Waals surface area contributed by atoms with Crippen LogP contribution in [0.2, 0.25) is 0 Å². The summed E-state index contributed by atoms with van der Waals surface area (Å²) in [7, 11) is 0. The fourth-order valence-corrected chi connectivity index (χ4v) is 2.35. The van der Waals surface area contributed by atoms with E-state index >= 15 is 0 Å². The number of benzene rings is 1. The molecule has 0 saturated carbocycles. The smallest absolute Gasteiger partial charge is 0.0767 e. The van der Waals surface area contributed by atoms with Crippen LogP contribution >= 0.6 is 0 Å². The van der Waals surface area contributed by atoms with Crippen molar-refractivity contribution in [3.63, 3.8) is 0 Å². The Kier molecular flexibility index (Phi) is 4.74. The van der Waals surface area contributed by atoms with Gasteiger partial charge in [0.05, 0.1) is 5.52 Å². The first-order valence-corrected chi connectivity index (χ1v) is 7.10. The van der Waals surface area contributed by atoms with E-state index in [0.29, 0.717) is 0 Å². The third-order valence-corrected chi connectivity index (χ3v) is 3.56. The number of nitrogen functional groups attached to an aromatic ring is 1. The summed E-state index contributed by atoms with van der Waals surface area (Å²) in [5.74, 6) is 0. The second-order valence-corrected chi connectivity index (χ2v) is 4.94. The van der Waals surface area contributed by atoms with Crippen molar-refractivity contribution in [2.24, 2.45) is 0 Å². The molecule has 0 amide bonds. The fraction of sp³-hybridized carbons (Fsp3) is 0.438. The van der Waals surface area contributed by atoms with Gasteiger partial charge in [-0.05, 0) is 43.3 Å². The van der Waals surface area contributed by atoms with E-state index in [1.807, 2.05) is 24.4 Å². The van der Waals surface area contributed by atoms with Gasteiger partial charge in [-0.2, -0.15) is 0 Å². The average Bonchev–Trinajstić information content (AvgIpc) is 2.46. The lowest BCUT2D eigenvalue weighted by Crippen LogP contribution is -2.24. The van der Waals surface area contributed by atoms with Gasteiger partial charge in [0.2, 0.25) is 0 Å². The van der Waals surface area contributed by atoms with Crippen molar-refractivity contribution in [3.05, 3.63) is 36.0 Å². The molecule has 1 aromatic heterocycles. The van der Waals surface area contributed by atoms with E-state index in [2.05, 4.69) is 29.8 Å². The molecule has 102 valence electrons. The van der Waals surface area contributed by atoms with Crippen molar-refractivity contribution in [1.29, 1.82) is 0 Å². The van der Waals surface area contributed by atoms with Crippen molar-refractivity contribution < 1.29 is 0 Å². The van der Waals surface area contributed by atoms with Crippen LogP contribution in [0.5, 0.6) is 0 Å². The van der Waals surface area contributed by atoms with Gasteiger partial charge in [0.15, 0.2) is 0 Å². The quantitative estimate of drug-likeness (QED) is 0.806. The monoisotopic (exact) mass is 257 g/mol. The molecule has 2 rings (SSSR count). The molecule has 0 aliphatic rings. The summed E-state index contributed by atoms with van der Waals surface area (Å²) in [6.45, 7) is 7.60. The normalized spacial score (nSPS) is 11.3. The zero-order valence-electron chi connectivity index (χ0n) is 11.9. The molecule has 1 aromatic carbocycles. The van der Waals surface area contributed by atoms with E-state index in [9.17, 15) is 0 Å². The van der Waals surface area contributed by atoms with Gasteiger partial charge in [0.25, 0.3) is 0 Å². The molecule has 0 radical (unpaired) electrons. The molecular weight excluding hydrogens is 234 g/mol. The Balaban J connectivity index is 2.27. The predicted octanol–water partition coefficient (Wildman–Crippen LogP) is 3.44. The SMILES string of the molecule is CCCCN(CC)Cc1ccc(N)c2cccnc12. The average molecular weight is 257 g/mol. The van der Waals surface area contributed by atoms with Crippen LogP contribution in [-0.2, 0) is 6.54 Å². The van der Waals surface area contributed by atoms with Crippen LogP contribution in [0.4, 0.5) is 5.69 Å². The Hall–Kier alpha value is -1.61. The molecule has 0 saturated heterocycles. The van der Waals surface area contributed by atoms with Crippen molar-refractivity contribution >= 4 is 16.6 Å². The predicted molar refractivity (Wildman–Crippen MR) is 82.0 cm³/mol. The highest BCUT2D eigenvalue weighted by Gasteiger charge is 2.08. The Labute approximate surface area is 115 Å². The number of nitrogens with zero attached hydrogens (tertiary/aromatic N) is 2. The highest BCUT2D eigenvalue weighted by Crippen LogP contribution is 2.23. The van der Waals surface area contributed by atoms with Gasteiger partial charge in [-0.25, -0.2) is 0 Å². The summed E-state index contributed by atoms with van der Waals surface area (Å²) in [6, 6.07) is 8.09. The molecule has 2 aromatic rings. The molecule has 3 heteroatoms. The maximum atomic E-state index is 6.02. The minimum atomic E-state index is 0.809. The molecule has 0 spiro atoms. The Morgan fingerprint density at radius 1 is 1.21 bits per heavy atom. The lowest BCUT2D eigenvalue weighted by atomic mass is 10.1. The standard InChI is InChI=1S/C16H23N3/c1-3-5-11-19(4-2)12-13-8-9-15(17)14-7-6-10-18-16(13)14/h6-10H,3-5,11-12,17H2,1-2H3. The molecule has 3 nitrogen and oxygen atoms in total. The van der Waals surface area contributed by atoms with Crippen LogP contribution in [0, 0.1) is 0 Å². The summed E-state index contributed by atoms with van der Waals surface area (Å²) < 4.78 is 0. The number of aromatic nitrogens is 1. The van der Waals surface area contributed by atoms with Crippen LogP contribution in [0.3, 0.4) is 0 Å². The van der Waals surface area contributed by atoms with E-state index in [0.717, 1.165) is 36.2 Å². The van der Waals surface area contributed by atoms with Gasteiger partial charge in [-0.1, -0.05) is 26.3 Å². The third-order valence-electron chi connectivity index (χ3n) is 3.56. The molecule has 1 heterocycles. The summed E-state index contributed by atoms with van der Waals surface area (Å²) in [5, 5.41) is 1.06. The number of hydrogen-bond acceptors (Lipinski definition) is 3. The summed E-state index contributed by atoms with van der Waals surface area (Å²) in [6.07, 6.45) is 4.32. The van der Waals surface area contributed by atoms with Gasteiger partial charge in [-0.15, -0.1) is 0 Å². The summed E-state index contributed by atoms with van der Waals surface area (Å²) in [4.78, 5) is 6.96. The number of fused-ring (bicyclic) bond motifs is 1. The van der Waals surface area contributed by atoms with E-state index < -0.39 is 0 Å². The fourth-order valence-electron chi connectivity index (χ4n) is 2.35. The molecule has 2 N–H and O–H groups in total. The maximum Gasteiger partial charge on any atom is 0.0767 e.